The fourth-order valence-electron chi connectivity index (χ4n) is 4.00. The summed E-state index contributed by atoms with van der Waals surface area (Å²) in [6.07, 6.45) is 3.73. The van der Waals surface area contributed by atoms with Gasteiger partial charge in [-0.1, -0.05) is 36.1 Å². The van der Waals surface area contributed by atoms with E-state index in [0.29, 0.717) is 16.5 Å². The van der Waals surface area contributed by atoms with Crippen LogP contribution in [0.4, 0.5) is 0 Å². The molecule has 1 aliphatic heterocycles. The summed E-state index contributed by atoms with van der Waals surface area (Å²) in [4.78, 5) is 13.5. The lowest BCUT2D eigenvalue weighted by Gasteiger charge is -2.27. The first-order chi connectivity index (χ1) is 12.6. The van der Waals surface area contributed by atoms with Gasteiger partial charge in [0, 0.05) is 17.0 Å². The molecule has 1 saturated heterocycles. The zero-order valence-electron chi connectivity index (χ0n) is 15.0. The van der Waals surface area contributed by atoms with Gasteiger partial charge in [0.05, 0.1) is 13.1 Å². The van der Waals surface area contributed by atoms with E-state index < -0.39 is 5.63 Å². The fourth-order valence-corrected chi connectivity index (χ4v) is 4.00. The number of fused-ring (bicyclic) bond motifs is 1. The van der Waals surface area contributed by atoms with Crippen LogP contribution in [0.2, 0.25) is 0 Å². The second-order valence-electron chi connectivity index (χ2n) is 7.21. The van der Waals surface area contributed by atoms with Gasteiger partial charge >= 0.3 is 5.63 Å². The maximum atomic E-state index is 13.4. The van der Waals surface area contributed by atoms with Crippen LogP contribution in [0.3, 0.4) is 0 Å². The quantitative estimate of drug-likeness (QED) is 0.739. The van der Waals surface area contributed by atoms with Crippen LogP contribution in [0.15, 0.2) is 51.7 Å². The number of benzene rings is 2. The molecule has 0 amide bonds. The van der Waals surface area contributed by atoms with Gasteiger partial charge in [0.15, 0.2) is 0 Å². The standard InChI is InChI=1S/C22H23NO3/c1-15-12-19-21(22(25)18(15)14-23-10-6-3-7-11-23)17(13-20(24)26-19)16-8-4-2-5-9-16/h2,4-5,8-9,12-13,25H,3,6-7,10-11,14H2,1H3. The third-order valence-corrected chi connectivity index (χ3v) is 5.39. The number of aryl methyl sites for hydroxylation is 1. The Labute approximate surface area is 152 Å². The Bertz CT molecular complexity index is 986. The van der Waals surface area contributed by atoms with Gasteiger partial charge in [-0.3, -0.25) is 0 Å². The van der Waals surface area contributed by atoms with E-state index in [2.05, 4.69) is 0 Å². The molecule has 1 aromatic heterocycles. The average Bonchev–Trinajstić information content (AvgIpc) is 2.66. The summed E-state index contributed by atoms with van der Waals surface area (Å²) in [5.74, 6) is 0.000626. The van der Waals surface area contributed by atoms with Crippen molar-refractivity contribution in [2.75, 3.05) is 13.1 Å². The van der Waals surface area contributed by atoms with Crippen molar-refractivity contribution in [1.82, 2.24) is 0 Å². The monoisotopic (exact) mass is 349 g/mol. The molecule has 0 spiro atoms. The normalized spacial score (nSPS) is 15.4. The molecule has 0 radical (unpaired) electrons. The second-order valence-corrected chi connectivity index (χ2v) is 7.21. The van der Waals surface area contributed by atoms with Gasteiger partial charge in [0.25, 0.3) is 0 Å². The Morgan fingerprint density at radius 1 is 1.08 bits per heavy atom. The minimum atomic E-state index is -0.426. The number of hydrogen-bond acceptors (Lipinski definition) is 3. The molecule has 0 atom stereocenters. The SMILES string of the molecule is Cc1cc2oc(=O)cc(-c3ccccc3)c2c([O-])c1C[NH+]1CCCCC1. The zero-order valence-corrected chi connectivity index (χ0v) is 15.0. The third-order valence-electron chi connectivity index (χ3n) is 5.39. The Balaban J connectivity index is 1.89. The van der Waals surface area contributed by atoms with Crippen LogP contribution >= 0.6 is 0 Å². The van der Waals surface area contributed by atoms with Gasteiger partial charge in [-0.2, -0.15) is 0 Å². The summed E-state index contributed by atoms with van der Waals surface area (Å²) in [5, 5.41) is 13.9. The van der Waals surface area contributed by atoms with E-state index in [0.717, 1.165) is 36.3 Å². The van der Waals surface area contributed by atoms with E-state index in [4.69, 9.17) is 4.42 Å². The first kappa shape index (κ1) is 16.9. The maximum Gasteiger partial charge on any atom is 0.336 e. The van der Waals surface area contributed by atoms with Crippen molar-refractivity contribution in [3.8, 4) is 16.9 Å². The van der Waals surface area contributed by atoms with E-state index in [1.54, 1.807) is 0 Å². The predicted molar refractivity (Wildman–Crippen MR) is 100 cm³/mol. The number of hydrogen-bond donors (Lipinski definition) is 1. The molecular formula is C22H23NO3. The van der Waals surface area contributed by atoms with Crippen LogP contribution in [-0.4, -0.2) is 13.1 Å². The summed E-state index contributed by atoms with van der Waals surface area (Å²) >= 11 is 0. The summed E-state index contributed by atoms with van der Waals surface area (Å²) in [7, 11) is 0. The molecule has 134 valence electrons. The van der Waals surface area contributed by atoms with Crippen LogP contribution < -0.4 is 15.6 Å². The van der Waals surface area contributed by atoms with E-state index in [1.807, 2.05) is 43.3 Å². The van der Waals surface area contributed by atoms with Crippen LogP contribution in [-0.2, 0) is 6.54 Å². The van der Waals surface area contributed by atoms with Crippen molar-refractivity contribution in [2.45, 2.75) is 32.7 Å². The van der Waals surface area contributed by atoms with E-state index >= 15 is 0 Å². The zero-order chi connectivity index (χ0) is 18.1. The number of rotatable bonds is 3. The lowest BCUT2D eigenvalue weighted by atomic mass is 9.96. The molecule has 4 heteroatoms. The highest BCUT2D eigenvalue weighted by Gasteiger charge is 2.18. The molecular weight excluding hydrogens is 326 g/mol. The second kappa shape index (κ2) is 6.96. The molecule has 1 N–H and O–H groups in total. The first-order valence-corrected chi connectivity index (χ1v) is 9.30. The Hall–Kier alpha value is -2.59. The van der Waals surface area contributed by atoms with E-state index in [1.165, 1.54) is 30.2 Å². The third kappa shape index (κ3) is 3.13. The van der Waals surface area contributed by atoms with Gasteiger partial charge < -0.3 is 14.4 Å². The van der Waals surface area contributed by atoms with Crippen molar-refractivity contribution < 1.29 is 14.4 Å². The Morgan fingerprint density at radius 2 is 1.81 bits per heavy atom. The Morgan fingerprint density at radius 3 is 2.54 bits per heavy atom. The number of piperidine rings is 1. The van der Waals surface area contributed by atoms with E-state index in [-0.39, 0.29) is 5.75 Å². The van der Waals surface area contributed by atoms with Crippen LogP contribution in [0.1, 0.15) is 30.4 Å². The predicted octanol–water partition coefficient (Wildman–Crippen LogP) is 2.41. The highest BCUT2D eigenvalue weighted by molar-refractivity contribution is 5.98. The first-order valence-electron chi connectivity index (χ1n) is 9.30. The molecule has 2 aromatic carbocycles. The Kier molecular flexibility index (Phi) is 4.51. The molecule has 26 heavy (non-hydrogen) atoms. The van der Waals surface area contributed by atoms with Crippen LogP contribution in [0, 0.1) is 6.92 Å². The van der Waals surface area contributed by atoms with Crippen molar-refractivity contribution in [3.05, 3.63) is 64.0 Å². The lowest BCUT2D eigenvalue weighted by molar-refractivity contribution is -0.918. The molecule has 2 heterocycles. The summed E-state index contributed by atoms with van der Waals surface area (Å²) in [6.45, 7) is 4.92. The molecule has 0 aliphatic carbocycles. The van der Waals surface area contributed by atoms with Gasteiger partial charge in [-0.15, -0.1) is 0 Å². The van der Waals surface area contributed by atoms with Crippen molar-refractivity contribution in [2.24, 2.45) is 0 Å². The molecule has 4 rings (SSSR count). The van der Waals surface area contributed by atoms with Crippen LogP contribution in [0.25, 0.3) is 22.1 Å². The van der Waals surface area contributed by atoms with E-state index in [9.17, 15) is 9.90 Å². The molecule has 4 nitrogen and oxygen atoms in total. The topological polar surface area (TPSA) is 57.7 Å². The number of likely N-dealkylation sites (tertiary alicyclic amines) is 1. The molecule has 1 aliphatic rings. The summed E-state index contributed by atoms with van der Waals surface area (Å²) in [6, 6.07) is 12.9. The van der Waals surface area contributed by atoms with Gasteiger partial charge in [0.1, 0.15) is 12.1 Å². The van der Waals surface area contributed by atoms with Gasteiger partial charge in [0.2, 0.25) is 0 Å². The van der Waals surface area contributed by atoms with Crippen molar-refractivity contribution >= 4 is 11.0 Å². The number of nitrogens with one attached hydrogen (secondary N) is 1. The molecule has 0 bridgehead atoms. The largest absolute Gasteiger partial charge is 0.872 e. The van der Waals surface area contributed by atoms with Gasteiger partial charge in [-0.25, -0.2) is 4.79 Å². The van der Waals surface area contributed by atoms with Crippen molar-refractivity contribution in [1.29, 1.82) is 0 Å². The lowest BCUT2D eigenvalue weighted by Crippen LogP contribution is -3.11. The average molecular weight is 349 g/mol. The molecule has 1 fully saturated rings. The summed E-state index contributed by atoms with van der Waals surface area (Å²) < 4.78 is 5.37. The van der Waals surface area contributed by atoms with Crippen molar-refractivity contribution in [3.63, 3.8) is 0 Å². The van der Waals surface area contributed by atoms with Crippen LogP contribution in [0.5, 0.6) is 5.75 Å². The summed E-state index contributed by atoms with van der Waals surface area (Å²) in [5.41, 5.74) is 3.24. The molecule has 3 aromatic rings. The molecule has 0 saturated carbocycles. The minimum Gasteiger partial charge on any atom is -0.872 e. The maximum absolute atomic E-state index is 13.4. The highest BCUT2D eigenvalue weighted by Crippen LogP contribution is 2.35. The highest BCUT2D eigenvalue weighted by atomic mass is 16.4. The smallest absolute Gasteiger partial charge is 0.336 e. The fraction of sp³-hybridized carbons (Fsp3) is 0.318. The minimum absolute atomic E-state index is 0.000626. The van der Waals surface area contributed by atoms with Gasteiger partial charge in [-0.05, 0) is 48.9 Å². The number of quaternary nitrogens is 1. The molecule has 0 unspecified atom stereocenters.